The molecule has 0 heterocycles. The molecule has 1 atom stereocenters. The van der Waals surface area contributed by atoms with Crippen LogP contribution in [0.25, 0.3) is 0 Å². The van der Waals surface area contributed by atoms with E-state index in [-0.39, 0.29) is 29.1 Å². The topological polar surface area (TPSA) is 40.5 Å². The summed E-state index contributed by atoms with van der Waals surface area (Å²) in [5.74, 6) is 0.238. The SMILES string of the molecule is CC(CO)c1cc(C(C)(C)CC(C)(C)C)ccc1O. The van der Waals surface area contributed by atoms with Gasteiger partial charge in [-0.3, -0.25) is 0 Å². The molecule has 2 heteroatoms. The zero-order valence-electron chi connectivity index (χ0n) is 13.1. The van der Waals surface area contributed by atoms with E-state index in [0.29, 0.717) is 0 Å². The highest BCUT2D eigenvalue weighted by Crippen LogP contribution is 2.38. The zero-order valence-corrected chi connectivity index (χ0v) is 13.1. The molecule has 0 saturated carbocycles. The van der Waals surface area contributed by atoms with E-state index >= 15 is 0 Å². The summed E-state index contributed by atoms with van der Waals surface area (Å²) in [6.07, 6.45) is 1.07. The lowest BCUT2D eigenvalue weighted by atomic mass is 9.72. The second-order valence-electron chi connectivity index (χ2n) is 7.48. The van der Waals surface area contributed by atoms with Crippen LogP contribution in [0.15, 0.2) is 18.2 Å². The summed E-state index contributed by atoms with van der Waals surface area (Å²) in [6, 6.07) is 5.79. The van der Waals surface area contributed by atoms with Crippen LogP contribution >= 0.6 is 0 Å². The highest BCUT2D eigenvalue weighted by atomic mass is 16.3. The van der Waals surface area contributed by atoms with Gasteiger partial charge in [0.15, 0.2) is 0 Å². The Morgan fingerprint density at radius 1 is 1.11 bits per heavy atom. The van der Waals surface area contributed by atoms with Gasteiger partial charge in [0.2, 0.25) is 0 Å². The van der Waals surface area contributed by atoms with Crippen molar-refractivity contribution in [3.05, 3.63) is 29.3 Å². The van der Waals surface area contributed by atoms with Gasteiger partial charge in [0, 0.05) is 12.5 Å². The number of phenolic OH excluding ortho intramolecular Hbond substituents is 1. The normalized spacial score (nSPS) is 14.5. The molecule has 1 aromatic carbocycles. The van der Waals surface area contributed by atoms with Crippen LogP contribution in [-0.2, 0) is 5.41 Å². The number of phenols is 1. The van der Waals surface area contributed by atoms with Gasteiger partial charge in [-0.05, 0) is 34.4 Å². The molecule has 0 aliphatic heterocycles. The van der Waals surface area contributed by atoms with E-state index in [2.05, 4.69) is 34.6 Å². The number of aromatic hydroxyl groups is 1. The number of aliphatic hydroxyl groups excluding tert-OH is 1. The minimum Gasteiger partial charge on any atom is -0.508 e. The molecule has 0 fully saturated rings. The molecule has 2 N–H and O–H groups in total. The lowest BCUT2D eigenvalue weighted by Crippen LogP contribution is -2.25. The standard InChI is InChI=1S/C17H28O2/c1-12(10-18)14-9-13(7-8-15(14)19)17(5,6)11-16(2,3)4/h7-9,12,18-19H,10-11H2,1-6H3. The fourth-order valence-corrected chi connectivity index (χ4v) is 2.90. The van der Waals surface area contributed by atoms with E-state index in [9.17, 15) is 10.2 Å². The van der Waals surface area contributed by atoms with Crippen molar-refractivity contribution in [3.63, 3.8) is 0 Å². The van der Waals surface area contributed by atoms with E-state index in [1.807, 2.05) is 19.1 Å². The van der Waals surface area contributed by atoms with Gasteiger partial charge in [-0.15, -0.1) is 0 Å². The minimum atomic E-state index is -0.0367. The summed E-state index contributed by atoms with van der Waals surface area (Å²) in [5.41, 5.74) is 2.36. The third-order valence-corrected chi connectivity index (χ3v) is 3.59. The zero-order chi connectivity index (χ0) is 14.8. The van der Waals surface area contributed by atoms with Gasteiger partial charge in [0.1, 0.15) is 5.75 Å². The molecule has 108 valence electrons. The molecule has 1 aromatic rings. The fraction of sp³-hybridized carbons (Fsp3) is 0.647. The van der Waals surface area contributed by atoms with Crippen molar-refractivity contribution in [2.45, 2.75) is 59.3 Å². The Labute approximate surface area is 117 Å². The van der Waals surface area contributed by atoms with Crippen LogP contribution in [0.4, 0.5) is 0 Å². The van der Waals surface area contributed by atoms with Gasteiger partial charge in [-0.25, -0.2) is 0 Å². The largest absolute Gasteiger partial charge is 0.508 e. The third kappa shape index (κ3) is 4.24. The molecule has 0 aliphatic rings. The van der Waals surface area contributed by atoms with Gasteiger partial charge in [-0.2, -0.15) is 0 Å². The predicted octanol–water partition coefficient (Wildman–Crippen LogP) is 4.20. The number of hydrogen-bond donors (Lipinski definition) is 2. The lowest BCUT2D eigenvalue weighted by molar-refractivity contribution is 0.269. The Morgan fingerprint density at radius 2 is 1.68 bits per heavy atom. The van der Waals surface area contributed by atoms with Crippen LogP contribution in [0.2, 0.25) is 0 Å². The molecular weight excluding hydrogens is 236 g/mol. The van der Waals surface area contributed by atoms with Crippen molar-refractivity contribution in [1.82, 2.24) is 0 Å². The Bertz CT molecular complexity index is 427. The van der Waals surface area contributed by atoms with E-state index in [1.165, 1.54) is 5.56 Å². The van der Waals surface area contributed by atoms with Gasteiger partial charge >= 0.3 is 0 Å². The molecular formula is C17H28O2. The van der Waals surface area contributed by atoms with Crippen LogP contribution in [0.3, 0.4) is 0 Å². The van der Waals surface area contributed by atoms with Crippen molar-refractivity contribution < 1.29 is 10.2 Å². The Balaban J connectivity index is 3.14. The first-order valence-corrected chi connectivity index (χ1v) is 7.01. The highest BCUT2D eigenvalue weighted by molar-refractivity contribution is 5.41. The second kappa shape index (κ2) is 5.54. The number of aliphatic hydroxyl groups is 1. The van der Waals surface area contributed by atoms with E-state index in [4.69, 9.17) is 0 Å². The van der Waals surface area contributed by atoms with E-state index in [0.717, 1.165) is 12.0 Å². The van der Waals surface area contributed by atoms with Crippen LogP contribution in [0, 0.1) is 5.41 Å². The van der Waals surface area contributed by atoms with Gasteiger partial charge in [0.25, 0.3) is 0 Å². The summed E-state index contributed by atoms with van der Waals surface area (Å²) >= 11 is 0. The van der Waals surface area contributed by atoms with Crippen molar-refractivity contribution in [2.24, 2.45) is 5.41 Å². The molecule has 0 saturated heterocycles. The molecule has 0 spiro atoms. The molecule has 0 bridgehead atoms. The maximum Gasteiger partial charge on any atom is 0.119 e. The summed E-state index contributed by atoms with van der Waals surface area (Å²) in [4.78, 5) is 0. The van der Waals surface area contributed by atoms with Gasteiger partial charge < -0.3 is 10.2 Å². The van der Waals surface area contributed by atoms with Gasteiger partial charge in [-0.1, -0.05) is 53.7 Å². The Hall–Kier alpha value is -1.02. The van der Waals surface area contributed by atoms with Gasteiger partial charge in [0.05, 0.1) is 0 Å². The summed E-state index contributed by atoms with van der Waals surface area (Å²) in [5, 5.41) is 19.2. The highest BCUT2D eigenvalue weighted by Gasteiger charge is 2.28. The first kappa shape index (κ1) is 16.0. The fourth-order valence-electron chi connectivity index (χ4n) is 2.90. The van der Waals surface area contributed by atoms with Crippen LogP contribution in [0.5, 0.6) is 5.75 Å². The summed E-state index contributed by atoms with van der Waals surface area (Å²) < 4.78 is 0. The molecule has 0 aromatic heterocycles. The molecule has 0 radical (unpaired) electrons. The number of hydrogen-bond acceptors (Lipinski definition) is 2. The van der Waals surface area contributed by atoms with E-state index in [1.54, 1.807) is 6.07 Å². The Morgan fingerprint density at radius 3 is 2.16 bits per heavy atom. The quantitative estimate of drug-likeness (QED) is 0.855. The molecule has 1 unspecified atom stereocenters. The van der Waals surface area contributed by atoms with E-state index < -0.39 is 0 Å². The summed E-state index contributed by atoms with van der Waals surface area (Å²) in [6.45, 7) is 13.2. The minimum absolute atomic E-state index is 0.0367. The maximum absolute atomic E-state index is 9.92. The molecule has 19 heavy (non-hydrogen) atoms. The third-order valence-electron chi connectivity index (χ3n) is 3.59. The first-order valence-electron chi connectivity index (χ1n) is 7.01. The van der Waals surface area contributed by atoms with Crippen LogP contribution in [0.1, 0.15) is 65.0 Å². The average molecular weight is 264 g/mol. The monoisotopic (exact) mass is 264 g/mol. The maximum atomic E-state index is 9.92. The number of rotatable bonds is 4. The molecule has 2 nitrogen and oxygen atoms in total. The smallest absolute Gasteiger partial charge is 0.119 e. The molecule has 1 rings (SSSR count). The van der Waals surface area contributed by atoms with Crippen LogP contribution < -0.4 is 0 Å². The average Bonchev–Trinajstić information content (AvgIpc) is 2.25. The van der Waals surface area contributed by atoms with Crippen molar-refractivity contribution in [1.29, 1.82) is 0 Å². The number of benzene rings is 1. The lowest BCUT2D eigenvalue weighted by Gasteiger charge is -2.33. The summed E-state index contributed by atoms with van der Waals surface area (Å²) in [7, 11) is 0. The Kier molecular flexibility index (Phi) is 4.67. The first-order chi connectivity index (χ1) is 8.57. The van der Waals surface area contributed by atoms with Crippen LogP contribution in [-0.4, -0.2) is 16.8 Å². The van der Waals surface area contributed by atoms with Crippen molar-refractivity contribution in [2.75, 3.05) is 6.61 Å². The predicted molar refractivity (Wildman–Crippen MR) is 80.7 cm³/mol. The second-order valence-corrected chi connectivity index (χ2v) is 7.48. The molecule has 0 aliphatic carbocycles. The van der Waals surface area contributed by atoms with Crippen molar-refractivity contribution >= 4 is 0 Å². The van der Waals surface area contributed by atoms with Crippen molar-refractivity contribution in [3.8, 4) is 5.75 Å². The molecule has 0 amide bonds.